The maximum atomic E-state index is 13.2. The molecule has 0 saturated carbocycles. The summed E-state index contributed by atoms with van der Waals surface area (Å²) in [4.78, 5) is 31.0. The molecule has 0 spiro atoms. The van der Waals surface area contributed by atoms with Crippen molar-refractivity contribution in [2.45, 2.75) is 20.3 Å². The van der Waals surface area contributed by atoms with Crippen LogP contribution in [-0.2, 0) is 6.42 Å². The van der Waals surface area contributed by atoms with Crippen LogP contribution in [0.3, 0.4) is 0 Å². The number of carbonyl (C=O) groups is 1. The zero-order valence-corrected chi connectivity index (χ0v) is 17.9. The van der Waals surface area contributed by atoms with Crippen LogP contribution in [0.1, 0.15) is 32.6 Å². The van der Waals surface area contributed by atoms with Crippen molar-refractivity contribution in [1.29, 1.82) is 0 Å². The predicted octanol–water partition coefficient (Wildman–Crippen LogP) is 3.33. The summed E-state index contributed by atoms with van der Waals surface area (Å²) in [5.74, 6) is 0.171. The molecule has 0 aliphatic carbocycles. The molecular weight excluding hydrogens is 398 g/mol. The molecule has 1 aliphatic heterocycles. The second kappa shape index (κ2) is 7.79. The van der Waals surface area contributed by atoms with E-state index in [-0.39, 0.29) is 17.3 Å². The van der Waals surface area contributed by atoms with E-state index in [1.807, 2.05) is 42.2 Å². The Morgan fingerprint density at radius 2 is 2.03 bits per heavy atom. The summed E-state index contributed by atoms with van der Waals surface area (Å²) in [5, 5.41) is 3.80. The predicted molar refractivity (Wildman–Crippen MR) is 123 cm³/mol. The number of aliphatic imine (C=N–C) groups is 1. The number of aromatic amines is 1. The first-order valence-corrected chi connectivity index (χ1v) is 10.4. The van der Waals surface area contributed by atoms with Gasteiger partial charge in [0.05, 0.1) is 0 Å². The van der Waals surface area contributed by atoms with Gasteiger partial charge in [0.1, 0.15) is 16.4 Å². The van der Waals surface area contributed by atoms with Crippen LogP contribution in [0.15, 0.2) is 46.2 Å². The Kier molecular flexibility index (Phi) is 5.17. The number of amidine groups is 1. The van der Waals surface area contributed by atoms with Gasteiger partial charge >= 0.3 is 0 Å². The lowest BCUT2D eigenvalue weighted by molar-refractivity contribution is 0.0989. The quantitative estimate of drug-likeness (QED) is 0.444. The molecule has 0 saturated heterocycles. The highest BCUT2D eigenvalue weighted by Crippen LogP contribution is 2.32. The number of hydrogen-bond donors (Lipinski definition) is 3. The van der Waals surface area contributed by atoms with Crippen LogP contribution in [0.5, 0.6) is 0 Å². The number of hydrogen-bond acceptors (Lipinski definition) is 5. The Balaban J connectivity index is 1.61. The Morgan fingerprint density at radius 3 is 2.77 bits per heavy atom. The molecule has 4 N–H and O–H groups in total. The number of aromatic nitrogens is 1. The lowest BCUT2D eigenvalue weighted by Crippen LogP contribution is -2.29. The molecule has 0 radical (unpaired) electrons. The molecule has 1 amide bonds. The fourth-order valence-corrected chi connectivity index (χ4v) is 4.58. The smallest absolute Gasteiger partial charge is 0.271 e. The third-order valence-electron chi connectivity index (χ3n) is 5.42. The van der Waals surface area contributed by atoms with Gasteiger partial charge in [0, 0.05) is 30.5 Å². The number of carbonyl (C=O) groups excluding carboxylic acids is 1. The molecule has 0 unspecified atom stereocenters. The summed E-state index contributed by atoms with van der Waals surface area (Å²) in [6.45, 7) is 4.68. The molecule has 0 atom stereocenters. The number of anilines is 3. The Morgan fingerprint density at radius 1 is 1.23 bits per heavy atom. The largest absolute Gasteiger partial charge is 0.383 e. The summed E-state index contributed by atoms with van der Waals surface area (Å²) in [7, 11) is 1.54. The molecular formula is C22H23N5O2S. The van der Waals surface area contributed by atoms with Gasteiger partial charge in [-0.15, -0.1) is 0 Å². The van der Waals surface area contributed by atoms with E-state index in [1.54, 1.807) is 7.05 Å². The highest BCUT2D eigenvalue weighted by atomic mass is 32.1. The minimum Gasteiger partial charge on any atom is -0.383 e. The van der Waals surface area contributed by atoms with E-state index in [0.29, 0.717) is 22.7 Å². The second-order valence-corrected chi connectivity index (χ2v) is 8.10. The second-order valence-electron chi connectivity index (χ2n) is 7.28. The van der Waals surface area contributed by atoms with Crippen molar-refractivity contribution < 1.29 is 4.79 Å². The lowest BCUT2D eigenvalue weighted by atomic mass is 10.1. The first kappa shape index (κ1) is 19.9. The third kappa shape index (κ3) is 3.39. The average Bonchev–Trinajstić information content (AvgIpc) is 3.32. The highest BCUT2D eigenvalue weighted by Gasteiger charge is 2.27. The summed E-state index contributed by atoms with van der Waals surface area (Å²) in [6.07, 6.45) is 0.877. The summed E-state index contributed by atoms with van der Waals surface area (Å²) in [5.41, 5.74) is 11.6. The molecule has 2 aromatic carbocycles. The molecule has 30 heavy (non-hydrogen) atoms. The van der Waals surface area contributed by atoms with Gasteiger partial charge in [-0.1, -0.05) is 12.1 Å². The monoisotopic (exact) mass is 421 g/mol. The number of aryl methyl sites for hydroxylation is 2. The lowest BCUT2D eigenvalue weighted by Gasteiger charge is -2.19. The minimum atomic E-state index is -0.280. The SMILES string of the molecule is CN=C(N)c1c(Nc2ccc(C(=O)N3CCc4c(C)cccc43)c(C)c2)s[nH]c1=O. The Hall–Kier alpha value is -3.39. The van der Waals surface area contributed by atoms with E-state index in [2.05, 4.69) is 27.7 Å². The number of benzene rings is 2. The van der Waals surface area contributed by atoms with E-state index in [0.717, 1.165) is 34.9 Å². The number of nitrogens with two attached hydrogens (primary N) is 1. The molecule has 0 bridgehead atoms. The van der Waals surface area contributed by atoms with Crippen LogP contribution >= 0.6 is 11.5 Å². The summed E-state index contributed by atoms with van der Waals surface area (Å²) in [6, 6.07) is 11.6. The molecule has 8 heteroatoms. The summed E-state index contributed by atoms with van der Waals surface area (Å²) >= 11 is 1.16. The van der Waals surface area contributed by atoms with Crippen LogP contribution in [0.4, 0.5) is 16.4 Å². The van der Waals surface area contributed by atoms with Crippen molar-refractivity contribution in [2.75, 3.05) is 23.8 Å². The number of amides is 1. The number of rotatable bonds is 4. The number of nitrogens with zero attached hydrogens (tertiary/aromatic N) is 2. The van der Waals surface area contributed by atoms with E-state index in [1.165, 1.54) is 11.1 Å². The normalized spacial score (nSPS) is 13.4. The van der Waals surface area contributed by atoms with Gasteiger partial charge in [-0.25, -0.2) is 0 Å². The van der Waals surface area contributed by atoms with E-state index < -0.39 is 0 Å². The average molecular weight is 422 g/mol. The van der Waals surface area contributed by atoms with Crippen molar-refractivity contribution in [2.24, 2.45) is 10.7 Å². The number of nitrogens with one attached hydrogen (secondary N) is 2. The minimum absolute atomic E-state index is 0.00208. The van der Waals surface area contributed by atoms with Crippen LogP contribution in [0.25, 0.3) is 0 Å². The van der Waals surface area contributed by atoms with Crippen molar-refractivity contribution in [3.8, 4) is 0 Å². The molecule has 1 aliphatic rings. The Labute approximate surface area is 178 Å². The maximum absolute atomic E-state index is 13.2. The van der Waals surface area contributed by atoms with Crippen LogP contribution < -0.4 is 21.5 Å². The molecule has 7 nitrogen and oxygen atoms in total. The number of fused-ring (bicyclic) bond motifs is 1. The van der Waals surface area contributed by atoms with Crippen molar-refractivity contribution >= 4 is 39.7 Å². The Bertz CT molecular complexity index is 1220. The van der Waals surface area contributed by atoms with Gasteiger partial charge in [0.25, 0.3) is 11.5 Å². The fraction of sp³-hybridized carbons (Fsp3) is 0.227. The van der Waals surface area contributed by atoms with Crippen molar-refractivity contribution in [3.05, 3.63) is 74.6 Å². The standard InChI is InChI=1S/C22H23N5O2S/c1-12-5-4-6-17-15(12)9-10-27(17)22(29)16-8-7-14(11-13(16)2)25-21-18(19(23)24-3)20(28)26-30-21/h4-8,11,25H,9-10H2,1-3H3,(H2,23,24)(H,26,28). The van der Waals surface area contributed by atoms with Crippen molar-refractivity contribution in [3.63, 3.8) is 0 Å². The number of H-pyrrole nitrogens is 1. The van der Waals surface area contributed by atoms with Gasteiger partial charge in [0.15, 0.2) is 0 Å². The third-order valence-corrected chi connectivity index (χ3v) is 6.22. The molecule has 0 fully saturated rings. The van der Waals surface area contributed by atoms with Crippen LogP contribution in [0, 0.1) is 13.8 Å². The van der Waals surface area contributed by atoms with Gasteiger partial charge in [-0.3, -0.25) is 19.0 Å². The van der Waals surface area contributed by atoms with E-state index >= 15 is 0 Å². The molecule has 1 aromatic heterocycles. The van der Waals surface area contributed by atoms with Gasteiger partial charge in [0.2, 0.25) is 0 Å². The molecule has 154 valence electrons. The van der Waals surface area contributed by atoms with Crippen molar-refractivity contribution in [1.82, 2.24) is 4.37 Å². The van der Waals surface area contributed by atoms with Crippen LogP contribution in [-0.4, -0.2) is 29.7 Å². The zero-order valence-electron chi connectivity index (χ0n) is 17.1. The van der Waals surface area contributed by atoms with E-state index in [9.17, 15) is 9.59 Å². The van der Waals surface area contributed by atoms with Gasteiger partial charge in [-0.05, 0) is 72.8 Å². The van der Waals surface area contributed by atoms with Gasteiger partial charge < -0.3 is 16.0 Å². The summed E-state index contributed by atoms with van der Waals surface area (Å²) < 4.78 is 2.67. The van der Waals surface area contributed by atoms with Crippen LogP contribution in [0.2, 0.25) is 0 Å². The first-order chi connectivity index (χ1) is 14.4. The van der Waals surface area contributed by atoms with E-state index in [4.69, 9.17) is 5.73 Å². The maximum Gasteiger partial charge on any atom is 0.271 e. The van der Waals surface area contributed by atoms with Gasteiger partial charge in [-0.2, -0.15) is 0 Å². The molecule has 2 heterocycles. The highest BCUT2D eigenvalue weighted by molar-refractivity contribution is 7.10. The first-order valence-electron chi connectivity index (χ1n) is 9.63. The molecule has 4 rings (SSSR count). The topological polar surface area (TPSA) is 104 Å². The molecule has 3 aromatic rings. The fourth-order valence-electron chi connectivity index (χ4n) is 3.81. The zero-order chi connectivity index (χ0) is 21.4.